The quantitative estimate of drug-likeness (QED) is 0.861. The Morgan fingerprint density at radius 1 is 1.23 bits per heavy atom. The van der Waals surface area contributed by atoms with Crippen LogP contribution in [-0.2, 0) is 4.79 Å². The summed E-state index contributed by atoms with van der Waals surface area (Å²) in [5, 5.41) is 3.39. The van der Waals surface area contributed by atoms with E-state index in [0.29, 0.717) is 16.7 Å². The van der Waals surface area contributed by atoms with Gasteiger partial charge in [0.2, 0.25) is 0 Å². The molecule has 0 aromatic heterocycles. The lowest BCUT2D eigenvalue weighted by atomic mass is 10.0. The van der Waals surface area contributed by atoms with Gasteiger partial charge in [-0.2, -0.15) is 0 Å². The number of carbonyl (C=O) groups excluding carboxylic acids is 1. The second-order valence-electron chi connectivity index (χ2n) is 5.51. The van der Waals surface area contributed by atoms with E-state index in [9.17, 15) is 4.79 Å². The summed E-state index contributed by atoms with van der Waals surface area (Å²) >= 11 is 6.05. The van der Waals surface area contributed by atoms with Crippen LogP contribution in [0.3, 0.4) is 0 Å². The van der Waals surface area contributed by atoms with Gasteiger partial charge in [-0.25, -0.2) is 0 Å². The molecule has 0 unspecified atom stereocenters. The molecule has 22 heavy (non-hydrogen) atoms. The minimum absolute atomic E-state index is 0.0738. The highest BCUT2D eigenvalue weighted by Crippen LogP contribution is 2.26. The minimum Gasteiger partial charge on any atom is -0.482 e. The summed E-state index contributed by atoms with van der Waals surface area (Å²) in [7, 11) is 0. The molecule has 0 aliphatic heterocycles. The van der Waals surface area contributed by atoms with Crippen LogP contribution in [0, 0.1) is 6.92 Å². The highest BCUT2D eigenvalue weighted by atomic mass is 35.5. The predicted octanol–water partition coefficient (Wildman–Crippen LogP) is 4.79. The Morgan fingerprint density at radius 2 is 1.95 bits per heavy atom. The maximum atomic E-state index is 12.1. The molecule has 0 heterocycles. The third kappa shape index (κ3) is 4.25. The van der Waals surface area contributed by atoms with Gasteiger partial charge in [0, 0.05) is 5.69 Å². The first-order chi connectivity index (χ1) is 10.5. The van der Waals surface area contributed by atoms with Crippen molar-refractivity contribution in [2.45, 2.75) is 26.7 Å². The van der Waals surface area contributed by atoms with Crippen LogP contribution in [-0.4, -0.2) is 12.5 Å². The molecule has 0 radical (unpaired) electrons. The molecule has 1 amide bonds. The van der Waals surface area contributed by atoms with Crippen molar-refractivity contribution in [1.82, 2.24) is 0 Å². The summed E-state index contributed by atoms with van der Waals surface area (Å²) in [6.45, 7) is 6.06. The van der Waals surface area contributed by atoms with Crippen LogP contribution < -0.4 is 10.1 Å². The Hall–Kier alpha value is -2.00. The number of nitrogens with one attached hydrogen (secondary N) is 1. The van der Waals surface area contributed by atoms with Crippen molar-refractivity contribution >= 4 is 23.2 Å². The van der Waals surface area contributed by atoms with Crippen molar-refractivity contribution in [2.75, 3.05) is 11.9 Å². The second-order valence-corrected chi connectivity index (χ2v) is 5.92. The van der Waals surface area contributed by atoms with Crippen molar-refractivity contribution in [2.24, 2.45) is 0 Å². The summed E-state index contributed by atoms with van der Waals surface area (Å²) in [5.74, 6) is 0.656. The highest BCUT2D eigenvalue weighted by molar-refractivity contribution is 6.32. The van der Waals surface area contributed by atoms with E-state index in [1.54, 1.807) is 6.07 Å². The van der Waals surface area contributed by atoms with E-state index in [4.69, 9.17) is 16.3 Å². The minimum atomic E-state index is -0.203. The number of para-hydroxylation sites is 1. The molecule has 2 aromatic carbocycles. The third-order valence-electron chi connectivity index (χ3n) is 3.30. The summed E-state index contributed by atoms with van der Waals surface area (Å²) in [5.41, 5.74) is 2.95. The Bertz CT molecular complexity index is 668. The van der Waals surface area contributed by atoms with Crippen LogP contribution in [0.15, 0.2) is 42.5 Å². The average Bonchev–Trinajstić information content (AvgIpc) is 2.48. The maximum absolute atomic E-state index is 12.1. The standard InChI is InChI=1S/C18H20ClNO2/c1-12(2)14-6-4-5-7-16(14)20-18(21)11-22-17-10-13(3)8-9-15(17)19/h4-10,12H,11H2,1-3H3,(H,20,21). The van der Waals surface area contributed by atoms with E-state index in [0.717, 1.165) is 16.8 Å². The molecule has 0 bridgehead atoms. The Balaban J connectivity index is 2.01. The molecule has 2 aromatic rings. The number of amides is 1. The number of hydrogen-bond acceptors (Lipinski definition) is 2. The van der Waals surface area contributed by atoms with Crippen LogP contribution in [0.25, 0.3) is 0 Å². The van der Waals surface area contributed by atoms with Crippen molar-refractivity contribution in [3.05, 3.63) is 58.6 Å². The monoisotopic (exact) mass is 317 g/mol. The molecule has 0 aliphatic rings. The van der Waals surface area contributed by atoms with Crippen LogP contribution >= 0.6 is 11.6 Å². The van der Waals surface area contributed by atoms with E-state index in [1.807, 2.05) is 43.3 Å². The van der Waals surface area contributed by atoms with Gasteiger partial charge in [-0.3, -0.25) is 4.79 Å². The first-order valence-corrected chi connectivity index (χ1v) is 7.63. The van der Waals surface area contributed by atoms with Crippen molar-refractivity contribution in [1.29, 1.82) is 0 Å². The van der Waals surface area contributed by atoms with Gasteiger partial charge < -0.3 is 10.1 Å². The Labute approximate surface area is 136 Å². The zero-order valence-electron chi connectivity index (χ0n) is 13.0. The molecule has 3 nitrogen and oxygen atoms in total. The van der Waals surface area contributed by atoms with Crippen LogP contribution in [0.2, 0.25) is 5.02 Å². The summed E-state index contributed by atoms with van der Waals surface area (Å²) in [4.78, 5) is 12.1. The Morgan fingerprint density at radius 3 is 2.68 bits per heavy atom. The number of hydrogen-bond donors (Lipinski definition) is 1. The van der Waals surface area contributed by atoms with Crippen molar-refractivity contribution in [3.63, 3.8) is 0 Å². The van der Waals surface area contributed by atoms with Gasteiger partial charge in [-0.15, -0.1) is 0 Å². The fourth-order valence-electron chi connectivity index (χ4n) is 2.17. The number of anilines is 1. The summed E-state index contributed by atoms with van der Waals surface area (Å²) < 4.78 is 5.51. The number of benzene rings is 2. The topological polar surface area (TPSA) is 38.3 Å². The SMILES string of the molecule is Cc1ccc(Cl)c(OCC(=O)Nc2ccccc2C(C)C)c1. The van der Waals surface area contributed by atoms with Gasteiger partial charge >= 0.3 is 0 Å². The van der Waals surface area contributed by atoms with Crippen molar-refractivity contribution < 1.29 is 9.53 Å². The molecule has 0 saturated heterocycles. The van der Waals surface area contributed by atoms with E-state index in [2.05, 4.69) is 19.2 Å². The zero-order valence-corrected chi connectivity index (χ0v) is 13.8. The Kier molecular flexibility index (Phi) is 5.45. The zero-order chi connectivity index (χ0) is 16.1. The van der Waals surface area contributed by atoms with E-state index < -0.39 is 0 Å². The van der Waals surface area contributed by atoms with Gasteiger partial charge in [0.25, 0.3) is 5.91 Å². The molecule has 0 saturated carbocycles. The third-order valence-corrected chi connectivity index (χ3v) is 3.61. The second kappa shape index (κ2) is 7.32. The van der Waals surface area contributed by atoms with Crippen LogP contribution in [0.5, 0.6) is 5.75 Å². The molecular weight excluding hydrogens is 298 g/mol. The summed E-state index contributed by atoms with van der Waals surface area (Å²) in [6.07, 6.45) is 0. The molecular formula is C18H20ClNO2. The van der Waals surface area contributed by atoms with Gasteiger partial charge in [-0.05, 0) is 42.2 Å². The number of carbonyl (C=O) groups is 1. The number of rotatable bonds is 5. The molecule has 0 atom stereocenters. The lowest BCUT2D eigenvalue weighted by Crippen LogP contribution is -2.21. The van der Waals surface area contributed by atoms with Gasteiger partial charge in [-0.1, -0.05) is 49.7 Å². The first-order valence-electron chi connectivity index (χ1n) is 7.25. The maximum Gasteiger partial charge on any atom is 0.262 e. The molecule has 0 fully saturated rings. The number of ether oxygens (including phenoxy) is 1. The lowest BCUT2D eigenvalue weighted by molar-refractivity contribution is -0.118. The van der Waals surface area contributed by atoms with E-state index in [1.165, 1.54) is 0 Å². The largest absolute Gasteiger partial charge is 0.482 e. The normalized spacial score (nSPS) is 10.6. The molecule has 4 heteroatoms. The van der Waals surface area contributed by atoms with Crippen LogP contribution in [0.4, 0.5) is 5.69 Å². The first kappa shape index (κ1) is 16.4. The number of halogens is 1. The lowest BCUT2D eigenvalue weighted by Gasteiger charge is -2.14. The fraction of sp³-hybridized carbons (Fsp3) is 0.278. The van der Waals surface area contributed by atoms with Gasteiger partial charge in [0.15, 0.2) is 6.61 Å². The molecule has 1 N–H and O–H groups in total. The van der Waals surface area contributed by atoms with Gasteiger partial charge in [0.05, 0.1) is 5.02 Å². The fourth-order valence-corrected chi connectivity index (χ4v) is 2.34. The molecule has 0 spiro atoms. The highest BCUT2D eigenvalue weighted by Gasteiger charge is 2.10. The molecule has 0 aliphatic carbocycles. The smallest absolute Gasteiger partial charge is 0.262 e. The van der Waals surface area contributed by atoms with Gasteiger partial charge in [0.1, 0.15) is 5.75 Å². The molecule has 116 valence electrons. The van der Waals surface area contributed by atoms with E-state index in [-0.39, 0.29) is 12.5 Å². The predicted molar refractivity (Wildman–Crippen MR) is 90.8 cm³/mol. The molecule has 2 rings (SSSR count). The number of aryl methyl sites for hydroxylation is 1. The average molecular weight is 318 g/mol. The van der Waals surface area contributed by atoms with E-state index >= 15 is 0 Å². The summed E-state index contributed by atoms with van der Waals surface area (Å²) in [6, 6.07) is 13.3. The van der Waals surface area contributed by atoms with Crippen molar-refractivity contribution in [3.8, 4) is 5.75 Å². The van der Waals surface area contributed by atoms with Crippen LogP contribution in [0.1, 0.15) is 30.9 Å².